The predicted molar refractivity (Wildman–Crippen MR) is 83.7 cm³/mol. The Morgan fingerprint density at radius 1 is 1.35 bits per heavy atom. The summed E-state index contributed by atoms with van der Waals surface area (Å²) in [6.45, 7) is 3.71. The van der Waals surface area contributed by atoms with Gasteiger partial charge in [-0.1, -0.05) is 12.1 Å². The van der Waals surface area contributed by atoms with Crippen LogP contribution < -0.4 is 4.72 Å². The van der Waals surface area contributed by atoms with Gasteiger partial charge in [0.1, 0.15) is 5.76 Å². The molecule has 0 aliphatic heterocycles. The first-order valence-corrected chi connectivity index (χ1v) is 8.64. The average Bonchev–Trinajstić information content (AvgIpc) is 2.76. The van der Waals surface area contributed by atoms with Gasteiger partial charge in [-0.15, -0.1) is 0 Å². The number of carbonyl (C=O) groups is 1. The van der Waals surface area contributed by atoms with E-state index in [1.165, 1.54) is 18.2 Å². The van der Waals surface area contributed by atoms with Crippen LogP contribution in [0.1, 0.15) is 33.3 Å². The highest BCUT2D eigenvalue weighted by molar-refractivity contribution is 7.88. The number of carboxylic acid groups (broad SMARTS) is 1. The Kier molecular flexibility index (Phi) is 5.17. The second-order valence-electron chi connectivity index (χ2n) is 5.14. The Morgan fingerprint density at radius 2 is 2.09 bits per heavy atom. The fourth-order valence-electron chi connectivity index (χ4n) is 2.19. The number of carboxylic acids is 1. The zero-order chi connectivity index (χ0) is 17.0. The third-order valence-electron chi connectivity index (χ3n) is 3.21. The molecular weight excluding hydrogens is 320 g/mol. The SMILES string of the molecule is Cc1nc(CCNS(=O)(=O)Cc2cccc(C(=O)O)c2)c(C)o1. The second kappa shape index (κ2) is 6.93. The van der Waals surface area contributed by atoms with Crippen molar-refractivity contribution in [1.82, 2.24) is 9.71 Å². The Morgan fingerprint density at radius 3 is 2.70 bits per heavy atom. The smallest absolute Gasteiger partial charge is 0.335 e. The number of aromatic carboxylic acids is 1. The highest BCUT2D eigenvalue weighted by Gasteiger charge is 2.14. The molecule has 0 amide bonds. The number of oxazole rings is 1. The molecule has 2 rings (SSSR count). The van der Waals surface area contributed by atoms with E-state index >= 15 is 0 Å². The first kappa shape index (κ1) is 17.2. The molecule has 0 bridgehead atoms. The first-order chi connectivity index (χ1) is 10.8. The van der Waals surface area contributed by atoms with Crippen molar-refractivity contribution in [2.75, 3.05) is 6.54 Å². The Labute approximate surface area is 134 Å². The fraction of sp³-hybridized carbons (Fsp3) is 0.333. The van der Waals surface area contributed by atoms with Crippen molar-refractivity contribution in [3.63, 3.8) is 0 Å². The number of nitrogens with one attached hydrogen (secondary N) is 1. The molecular formula is C15H18N2O5S. The van der Waals surface area contributed by atoms with E-state index in [0.29, 0.717) is 23.6 Å². The lowest BCUT2D eigenvalue weighted by Crippen LogP contribution is -2.27. The molecule has 2 N–H and O–H groups in total. The molecule has 7 nitrogen and oxygen atoms in total. The van der Waals surface area contributed by atoms with Crippen LogP contribution in [-0.4, -0.2) is 31.0 Å². The molecule has 8 heteroatoms. The van der Waals surface area contributed by atoms with Crippen LogP contribution in [0.4, 0.5) is 0 Å². The first-order valence-electron chi connectivity index (χ1n) is 6.99. The fourth-order valence-corrected chi connectivity index (χ4v) is 3.33. The highest BCUT2D eigenvalue weighted by atomic mass is 32.2. The summed E-state index contributed by atoms with van der Waals surface area (Å²) in [6.07, 6.45) is 0.428. The van der Waals surface area contributed by atoms with Crippen LogP contribution in [0.15, 0.2) is 28.7 Å². The Balaban J connectivity index is 1.95. The minimum Gasteiger partial charge on any atom is -0.478 e. The van der Waals surface area contributed by atoms with Gasteiger partial charge in [0.2, 0.25) is 10.0 Å². The van der Waals surface area contributed by atoms with Crippen LogP contribution in [0, 0.1) is 13.8 Å². The van der Waals surface area contributed by atoms with Gasteiger partial charge in [-0.3, -0.25) is 0 Å². The van der Waals surface area contributed by atoms with E-state index < -0.39 is 16.0 Å². The van der Waals surface area contributed by atoms with Gasteiger partial charge in [-0.2, -0.15) is 0 Å². The third kappa shape index (κ3) is 4.90. The minimum atomic E-state index is -3.55. The predicted octanol–water partition coefficient (Wildman–Crippen LogP) is 1.65. The minimum absolute atomic E-state index is 0.0615. The van der Waals surface area contributed by atoms with Crippen molar-refractivity contribution in [2.45, 2.75) is 26.0 Å². The number of benzene rings is 1. The van der Waals surface area contributed by atoms with Gasteiger partial charge in [-0.05, 0) is 24.6 Å². The average molecular weight is 338 g/mol. The maximum atomic E-state index is 12.1. The van der Waals surface area contributed by atoms with E-state index in [1.54, 1.807) is 19.9 Å². The van der Waals surface area contributed by atoms with E-state index in [4.69, 9.17) is 9.52 Å². The van der Waals surface area contributed by atoms with E-state index in [-0.39, 0.29) is 17.9 Å². The van der Waals surface area contributed by atoms with E-state index in [1.807, 2.05) is 0 Å². The van der Waals surface area contributed by atoms with Crippen LogP contribution in [0.3, 0.4) is 0 Å². The third-order valence-corrected chi connectivity index (χ3v) is 4.57. The summed E-state index contributed by atoms with van der Waals surface area (Å²) in [5.41, 5.74) is 1.20. The number of aryl methyl sites for hydroxylation is 2. The maximum Gasteiger partial charge on any atom is 0.335 e. The maximum absolute atomic E-state index is 12.1. The Hall–Kier alpha value is -2.19. The zero-order valence-electron chi connectivity index (χ0n) is 12.9. The van der Waals surface area contributed by atoms with Crippen molar-refractivity contribution in [2.24, 2.45) is 0 Å². The van der Waals surface area contributed by atoms with E-state index in [9.17, 15) is 13.2 Å². The number of hydrogen-bond acceptors (Lipinski definition) is 5. The van der Waals surface area contributed by atoms with Gasteiger partial charge < -0.3 is 9.52 Å². The Bertz CT molecular complexity index is 811. The quantitative estimate of drug-likeness (QED) is 0.794. The van der Waals surface area contributed by atoms with Crippen molar-refractivity contribution in [3.8, 4) is 0 Å². The second-order valence-corrected chi connectivity index (χ2v) is 6.95. The van der Waals surface area contributed by atoms with Crippen LogP contribution in [0.2, 0.25) is 0 Å². The lowest BCUT2D eigenvalue weighted by atomic mass is 10.1. The molecule has 0 radical (unpaired) electrons. The van der Waals surface area contributed by atoms with Gasteiger partial charge >= 0.3 is 5.97 Å². The van der Waals surface area contributed by atoms with Crippen molar-refractivity contribution >= 4 is 16.0 Å². The molecule has 124 valence electrons. The molecule has 1 heterocycles. The molecule has 0 atom stereocenters. The zero-order valence-corrected chi connectivity index (χ0v) is 13.7. The molecule has 1 aromatic heterocycles. The molecule has 0 aliphatic carbocycles. The van der Waals surface area contributed by atoms with Gasteiger partial charge in [0.15, 0.2) is 5.89 Å². The van der Waals surface area contributed by atoms with Gasteiger partial charge in [0.05, 0.1) is 17.0 Å². The van der Waals surface area contributed by atoms with Gasteiger partial charge in [-0.25, -0.2) is 22.9 Å². The summed E-state index contributed by atoms with van der Waals surface area (Å²) in [4.78, 5) is 15.1. The monoisotopic (exact) mass is 338 g/mol. The number of sulfonamides is 1. The van der Waals surface area contributed by atoms with Crippen molar-refractivity contribution in [3.05, 3.63) is 52.7 Å². The molecule has 0 saturated carbocycles. The molecule has 23 heavy (non-hydrogen) atoms. The number of nitrogens with zero attached hydrogens (tertiary/aromatic N) is 1. The molecule has 0 fully saturated rings. The van der Waals surface area contributed by atoms with Crippen molar-refractivity contribution in [1.29, 1.82) is 0 Å². The summed E-state index contributed by atoms with van der Waals surface area (Å²) in [5.74, 6) is -0.138. The van der Waals surface area contributed by atoms with Crippen LogP contribution >= 0.6 is 0 Å². The molecule has 2 aromatic rings. The summed E-state index contributed by atoms with van der Waals surface area (Å²) in [7, 11) is -3.55. The summed E-state index contributed by atoms with van der Waals surface area (Å²) in [5, 5.41) is 8.92. The number of aromatic nitrogens is 1. The van der Waals surface area contributed by atoms with Gasteiger partial charge in [0, 0.05) is 19.9 Å². The molecule has 0 aliphatic rings. The lowest BCUT2D eigenvalue weighted by Gasteiger charge is -2.07. The summed E-state index contributed by atoms with van der Waals surface area (Å²) < 4.78 is 31.9. The van der Waals surface area contributed by atoms with Crippen LogP contribution in [0.25, 0.3) is 0 Å². The van der Waals surface area contributed by atoms with E-state index in [0.717, 1.165) is 5.69 Å². The molecule has 0 saturated heterocycles. The normalized spacial score (nSPS) is 11.6. The number of rotatable bonds is 7. The number of hydrogen-bond donors (Lipinski definition) is 2. The van der Waals surface area contributed by atoms with Gasteiger partial charge in [0.25, 0.3) is 0 Å². The van der Waals surface area contributed by atoms with E-state index in [2.05, 4.69) is 9.71 Å². The van der Waals surface area contributed by atoms with Crippen LogP contribution in [0.5, 0.6) is 0 Å². The topological polar surface area (TPSA) is 110 Å². The largest absolute Gasteiger partial charge is 0.478 e. The summed E-state index contributed by atoms with van der Waals surface area (Å²) in [6, 6.07) is 5.88. The molecule has 0 spiro atoms. The standard InChI is InChI=1S/C15H18N2O5S/c1-10-14(17-11(2)22-10)6-7-16-23(20,21)9-12-4-3-5-13(8-12)15(18)19/h3-5,8,16H,6-7,9H2,1-2H3,(H,18,19). The summed E-state index contributed by atoms with van der Waals surface area (Å²) >= 11 is 0. The molecule has 1 aromatic carbocycles. The van der Waals surface area contributed by atoms with Crippen molar-refractivity contribution < 1.29 is 22.7 Å². The van der Waals surface area contributed by atoms with Crippen LogP contribution in [-0.2, 0) is 22.2 Å². The molecule has 0 unspecified atom stereocenters. The highest BCUT2D eigenvalue weighted by Crippen LogP contribution is 2.11. The lowest BCUT2D eigenvalue weighted by molar-refractivity contribution is 0.0696.